The molecule has 0 unspecified atom stereocenters. The highest BCUT2D eigenvalue weighted by Gasteiger charge is 2.17. The number of furan rings is 1. The molecule has 4 heterocycles. The maximum Gasteiger partial charge on any atom is 0.276 e. The Morgan fingerprint density at radius 2 is 2.12 bits per heavy atom. The van der Waals surface area contributed by atoms with Crippen LogP contribution in [0.2, 0.25) is 0 Å². The molecule has 0 saturated heterocycles. The van der Waals surface area contributed by atoms with Crippen molar-refractivity contribution in [3.63, 3.8) is 0 Å². The van der Waals surface area contributed by atoms with E-state index in [0.29, 0.717) is 17.0 Å². The molecule has 0 aromatic carbocycles. The van der Waals surface area contributed by atoms with Crippen LogP contribution in [-0.2, 0) is 13.7 Å². The van der Waals surface area contributed by atoms with E-state index in [2.05, 4.69) is 10.1 Å². The van der Waals surface area contributed by atoms with Crippen LogP contribution < -0.4 is 10.3 Å². The largest absolute Gasteiger partial charge is 0.467 e. The van der Waals surface area contributed by atoms with E-state index in [1.54, 1.807) is 31.8 Å². The summed E-state index contributed by atoms with van der Waals surface area (Å²) in [6.07, 6.45) is 5.01. The van der Waals surface area contributed by atoms with Gasteiger partial charge in [0.25, 0.3) is 5.56 Å². The van der Waals surface area contributed by atoms with Gasteiger partial charge in [-0.05, 0) is 29.8 Å². The lowest BCUT2D eigenvalue weighted by atomic mass is 10.1. The Morgan fingerprint density at radius 3 is 2.88 bits per heavy atom. The number of rotatable bonds is 4. The highest BCUT2D eigenvalue weighted by Crippen LogP contribution is 2.35. The Hall–Kier alpha value is -2.93. The summed E-state index contributed by atoms with van der Waals surface area (Å²) in [5.41, 5.74) is 1.66. The molecule has 0 amide bonds. The van der Waals surface area contributed by atoms with Crippen LogP contribution in [0.3, 0.4) is 0 Å². The summed E-state index contributed by atoms with van der Waals surface area (Å²) in [5, 5.41) is 6.80. The standard InChI is InChI=1S/C17H13N3O3S/c1-20-17(21)14-13(11-4-6-18-7-5-11)10-24-15(14)16(19-20)23-9-12-3-2-8-22-12/h2-8,10H,9H2,1H3. The van der Waals surface area contributed by atoms with E-state index in [1.165, 1.54) is 16.0 Å². The molecule has 0 aliphatic heterocycles. The second-order valence-corrected chi connectivity index (χ2v) is 6.07. The first-order valence-corrected chi connectivity index (χ1v) is 8.16. The second kappa shape index (κ2) is 5.93. The highest BCUT2D eigenvalue weighted by molar-refractivity contribution is 7.18. The summed E-state index contributed by atoms with van der Waals surface area (Å²) in [6.45, 7) is 0.260. The molecule has 6 nitrogen and oxygen atoms in total. The number of thiophene rings is 1. The molecule has 4 aromatic heterocycles. The van der Waals surface area contributed by atoms with Gasteiger partial charge in [-0.3, -0.25) is 9.78 Å². The summed E-state index contributed by atoms with van der Waals surface area (Å²) in [5.74, 6) is 1.12. The van der Waals surface area contributed by atoms with Crippen molar-refractivity contribution in [2.24, 2.45) is 7.05 Å². The Morgan fingerprint density at radius 1 is 1.29 bits per heavy atom. The molecular formula is C17H13N3O3S. The van der Waals surface area contributed by atoms with E-state index in [-0.39, 0.29) is 12.2 Å². The van der Waals surface area contributed by atoms with Crippen molar-refractivity contribution in [2.45, 2.75) is 6.61 Å². The number of fused-ring (bicyclic) bond motifs is 1. The third-order valence-corrected chi connectivity index (χ3v) is 4.62. The van der Waals surface area contributed by atoms with Gasteiger partial charge in [-0.15, -0.1) is 16.4 Å². The summed E-state index contributed by atoms with van der Waals surface area (Å²) in [6, 6.07) is 7.39. The molecular weight excluding hydrogens is 326 g/mol. The van der Waals surface area contributed by atoms with Crippen molar-refractivity contribution < 1.29 is 9.15 Å². The number of aromatic nitrogens is 3. The third kappa shape index (κ3) is 2.48. The lowest BCUT2D eigenvalue weighted by Crippen LogP contribution is -2.20. The SMILES string of the molecule is Cn1nc(OCc2ccco2)c2scc(-c3ccncc3)c2c1=O. The molecule has 4 rings (SSSR count). The molecule has 4 aromatic rings. The van der Waals surface area contributed by atoms with Crippen LogP contribution in [0.4, 0.5) is 0 Å². The number of ether oxygens (including phenoxy) is 1. The van der Waals surface area contributed by atoms with Gasteiger partial charge in [-0.2, -0.15) is 0 Å². The summed E-state index contributed by atoms with van der Waals surface area (Å²) in [4.78, 5) is 16.6. The average Bonchev–Trinajstić information content (AvgIpc) is 3.27. The Labute approximate surface area is 141 Å². The van der Waals surface area contributed by atoms with Gasteiger partial charge in [-0.25, -0.2) is 4.68 Å². The van der Waals surface area contributed by atoms with Crippen LogP contribution in [0.1, 0.15) is 5.76 Å². The third-order valence-electron chi connectivity index (χ3n) is 3.66. The van der Waals surface area contributed by atoms with Gasteiger partial charge in [0.15, 0.2) is 0 Å². The molecule has 0 radical (unpaired) electrons. The summed E-state index contributed by atoms with van der Waals surface area (Å²) >= 11 is 1.44. The predicted octanol–water partition coefficient (Wildman–Crippen LogP) is 3.23. The first-order valence-electron chi connectivity index (χ1n) is 7.28. The fourth-order valence-corrected chi connectivity index (χ4v) is 3.49. The van der Waals surface area contributed by atoms with Crippen molar-refractivity contribution in [3.05, 3.63) is 64.4 Å². The minimum Gasteiger partial charge on any atom is -0.467 e. The van der Waals surface area contributed by atoms with E-state index in [4.69, 9.17) is 9.15 Å². The van der Waals surface area contributed by atoms with Gasteiger partial charge >= 0.3 is 0 Å². The van der Waals surface area contributed by atoms with E-state index < -0.39 is 0 Å². The second-order valence-electron chi connectivity index (χ2n) is 5.19. The predicted molar refractivity (Wildman–Crippen MR) is 91.1 cm³/mol. The normalized spacial score (nSPS) is 11.0. The summed E-state index contributed by atoms with van der Waals surface area (Å²) in [7, 11) is 1.62. The van der Waals surface area contributed by atoms with Crippen LogP contribution in [0.15, 0.2) is 57.5 Å². The molecule has 24 heavy (non-hydrogen) atoms. The zero-order valence-corrected chi connectivity index (χ0v) is 13.6. The van der Waals surface area contributed by atoms with Crippen molar-refractivity contribution >= 4 is 21.4 Å². The molecule has 120 valence electrons. The molecule has 0 fully saturated rings. The van der Waals surface area contributed by atoms with Crippen molar-refractivity contribution in [2.75, 3.05) is 0 Å². The number of hydrogen-bond acceptors (Lipinski definition) is 6. The molecule has 7 heteroatoms. The van der Waals surface area contributed by atoms with Crippen LogP contribution in [0.25, 0.3) is 21.2 Å². The lowest BCUT2D eigenvalue weighted by Gasteiger charge is -2.07. The van der Waals surface area contributed by atoms with Crippen molar-refractivity contribution in [1.29, 1.82) is 0 Å². The maximum atomic E-state index is 12.6. The molecule has 0 aliphatic rings. The van der Waals surface area contributed by atoms with Gasteiger partial charge in [-0.1, -0.05) is 0 Å². The number of hydrogen-bond donors (Lipinski definition) is 0. The summed E-state index contributed by atoms with van der Waals surface area (Å²) < 4.78 is 13.1. The zero-order valence-electron chi connectivity index (χ0n) is 12.8. The topological polar surface area (TPSA) is 70.2 Å². The number of aryl methyl sites for hydroxylation is 1. The lowest BCUT2D eigenvalue weighted by molar-refractivity contribution is 0.258. The van der Waals surface area contributed by atoms with Crippen LogP contribution in [0, 0.1) is 0 Å². The fraction of sp³-hybridized carbons (Fsp3) is 0.118. The zero-order chi connectivity index (χ0) is 16.5. The number of nitrogens with zero attached hydrogens (tertiary/aromatic N) is 3. The maximum absolute atomic E-state index is 12.6. The minimum atomic E-state index is -0.150. The van der Waals surface area contributed by atoms with E-state index in [9.17, 15) is 4.79 Å². The minimum absolute atomic E-state index is 0.150. The van der Waals surface area contributed by atoms with Gasteiger partial charge in [0.05, 0.1) is 11.6 Å². The molecule has 0 atom stereocenters. The van der Waals surface area contributed by atoms with Crippen LogP contribution in [-0.4, -0.2) is 14.8 Å². The Kier molecular flexibility index (Phi) is 3.62. The molecule has 0 saturated carbocycles. The van der Waals surface area contributed by atoms with E-state index in [0.717, 1.165) is 15.8 Å². The Balaban J connectivity index is 1.83. The molecule has 0 spiro atoms. The van der Waals surface area contributed by atoms with Gasteiger partial charge in [0, 0.05) is 30.4 Å². The average molecular weight is 339 g/mol. The highest BCUT2D eigenvalue weighted by atomic mass is 32.1. The molecule has 0 bridgehead atoms. The monoisotopic (exact) mass is 339 g/mol. The number of pyridine rings is 1. The first-order chi connectivity index (χ1) is 11.7. The van der Waals surface area contributed by atoms with Crippen molar-refractivity contribution in [3.8, 4) is 17.0 Å². The fourth-order valence-electron chi connectivity index (χ4n) is 2.49. The van der Waals surface area contributed by atoms with Gasteiger partial charge < -0.3 is 9.15 Å². The van der Waals surface area contributed by atoms with Gasteiger partial charge in [0.1, 0.15) is 17.1 Å². The van der Waals surface area contributed by atoms with E-state index in [1.807, 2.05) is 23.6 Å². The van der Waals surface area contributed by atoms with Gasteiger partial charge in [0.2, 0.25) is 5.88 Å². The molecule has 0 N–H and O–H groups in total. The quantitative estimate of drug-likeness (QED) is 0.571. The smallest absolute Gasteiger partial charge is 0.276 e. The molecule has 0 aliphatic carbocycles. The van der Waals surface area contributed by atoms with E-state index >= 15 is 0 Å². The van der Waals surface area contributed by atoms with Crippen LogP contribution >= 0.6 is 11.3 Å². The first kappa shape index (κ1) is 14.6. The van der Waals surface area contributed by atoms with Crippen molar-refractivity contribution in [1.82, 2.24) is 14.8 Å². The van der Waals surface area contributed by atoms with Crippen LogP contribution in [0.5, 0.6) is 5.88 Å². The Bertz CT molecular complexity index is 1040.